The van der Waals surface area contributed by atoms with Gasteiger partial charge < -0.3 is 20.2 Å². The molecule has 0 saturated carbocycles. The average Bonchev–Trinajstić information content (AvgIpc) is 2.75. The summed E-state index contributed by atoms with van der Waals surface area (Å²) in [6.45, 7) is 9.76. The first kappa shape index (κ1) is 16.0. The van der Waals surface area contributed by atoms with E-state index in [-0.39, 0.29) is 23.2 Å². The molecule has 0 aliphatic carbocycles. The van der Waals surface area contributed by atoms with Crippen molar-refractivity contribution in [3.8, 4) is 5.75 Å². The highest BCUT2D eigenvalue weighted by Crippen LogP contribution is 2.43. The number of phenols is 1. The van der Waals surface area contributed by atoms with Gasteiger partial charge in [0, 0.05) is 31.9 Å². The Morgan fingerprint density at radius 2 is 1.96 bits per heavy atom. The van der Waals surface area contributed by atoms with Crippen molar-refractivity contribution in [2.75, 3.05) is 31.1 Å². The highest BCUT2D eigenvalue weighted by atomic mass is 16.3. The number of nitrogens with zero attached hydrogens (tertiary/aromatic N) is 2. The van der Waals surface area contributed by atoms with Crippen molar-refractivity contribution < 1.29 is 9.90 Å². The molecule has 5 heteroatoms. The molecule has 0 aromatic heterocycles. The lowest BCUT2D eigenvalue weighted by Gasteiger charge is -2.48. The molecular weight excluding hydrogens is 290 g/mol. The molecule has 4 rings (SSSR count). The molecule has 0 spiro atoms. The molecule has 5 nitrogen and oxygen atoms in total. The summed E-state index contributed by atoms with van der Waals surface area (Å²) in [6, 6.07) is 7.76. The summed E-state index contributed by atoms with van der Waals surface area (Å²) in [4.78, 5) is 16.7. The predicted molar refractivity (Wildman–Crippen MR) is 91.8 cm³/mol. The summed E-state index contributed by atoms with van der Waals surface area (Å²) in [7, 11) is 0. The molecule has 2 unspecified atom stereocenters. The van der Waals surface area contributed by atoms with Crippen molar-refractivity contribution in [3.63, 3.8) is 0 Å². The SMILES string of the molecule is CCNC(=O)N1CC2CN(c3ccc(O)cc3)C(C1)C(C)(C)C2. The number of piperidine rings is 1. The van der Waals surface area contributed by atoms with E-state index in [0.717, 1.165) is 31.7 Å². The van der Waals surface area contributed by atoms with Crippen LogP contribution in [0.5, 0.6) is 5.75 Å². The van der Waals surface area contributed by atoms with Crippen molar-refractivity contribution in [2.24, 2.45) is 11.3 Å². The first-order chi connectivity index (χ1) is 10.9. The van der Waals surface area contributed by atoms with Crippen molar-refractivity contribution in [3.05, 3.63) is 24.3 Å². The van der Waals surface area contributed by atoms with Crippen LogP contribution in [0.2, 0.25) is 0 Å². The molecular formula is C18H27N3O2. The number of hydrogen-bond acceptors (Lipinski definition) is 3. The van der Waals surface area contributed by atoms with Crippen molar-refractivity contribution in [1.82, 2.24) is 10.2 Å². The number of benzene rings is 1. The van der Waals surface area contributed by atoms with Crippen LogP contribution in [-0.2, 0) is 0 Å². The second-order valence-corrected chi connectivity index (χ2v) is 7.48. The van der Waals surface area contributed by atoms with Gasteiger partial charge in [0.2, 0.25) is 0 Å². The zero-order valence-corrected chi connectivity index (χ0v) is 14.2. The van der Waals surface area contributed by atoms with Crippen LogP contribution in [0.4, 0.5) is 10.5 Å². The molecule has 126 valence electrons. The maximum absolute atomic E-state index is 12.3. The second kappa shape index (κ2) is 5.95. The second-order valence-electron chi connectivity index (χ2n) is 7.48. The Hall–Kier alpha value is -1.91. The van der Waals surface area contributed by atoms with E-state index in [0.29, 0.717) is 12.5 Å². The molecule has 3 heterocycles. The van der Waals surface area contributed by atoms with Gasteiger partial charge in [-0.3, -0.25) is 0 Å². The minimum Gasteiger partial charge on any atom is -0.508 e. The van der Waals surface area contributed by atoms with E-state index < -0.39 is 0 Å². The third-order valence-corrected chi connectivity index (χ3v) is 5.22. The van der Waals surface area contributed by atoms with Gasteiger partial charge in [-0.05, 0) is 48.9 Å². The van der Waals surface area contributed by atoms with Gasteiger partial charge in [0.15, 0.2) is 0 Å². The lowest BCUT2D eigenvalue weighted by Crippen LogP contribution is -2.54. The topological polar surface area (TPSA) is 55.8 Å². The molecule has 3 aliphatic heterocycles. The van der Waals surface area contributed by atoms with E-state index in [4.69, 9.17) is 0 Å². The Morgan fingerprint density at radius 1 is 1.26 bits per heavy atom. The van der Waals surface area contributed by atoms with Crippen LogP contribution in [-0.4, -0.2) is 48.3 Å². The van der Waals surface area contributed by atoms with E-state index in [1.54, 1.807) is 12.1 Å². The third-order valence-electron chi connectivity index (χ3n) is 5.22. The fourth-order valence-corrected chi connectivity index (χ4v) is 4.19. The van der Waals surface area contributed by atoms with Crippen LogP contribution in [0.15, 0.2) is 24.3 Å². The van der Waals surface area contributed by atoms with Crippen LogP contribution in [0, 0.1) is 11.3 Å². The molecule has 3 aliphatic rings. The predicted octanol–water partition coefficient (Wildman–Crippen LogP) is 2.66. The van der Waals surface area contributed by atoms with E-state index in [2.05, 4.69) is 24.1 Å². The maximum Gasteiger partial charge on any atom is 0.317 e. The number of anilines is 1. The summed E-state index contributed by atoms with van der Waals surface area (Å²) in [6.07, 6.45) is 1.14. The minimum absolute atomic E-state index is 0.0488. The zero-order valence-electron chi connectivity index (χ0n) is 14.2. The molecule has 23 heavy (non-hydrogen) atoms. The molecule has 3 fully saturated rings. The van der Waals surface area contributed by atoms with Crippen LogP contribution in [0.25, 0.3) is 0 Å². The summed E-state index contributed by atoms with van der Waals surface area (Å²) in [5, 5.41) is 12.5. The Kier molecular flexibility index (Phi) is 4.13. The normalized spacial score (nSPS) is 26.0. The van der Waals surface area contributed by atoms with E-state index in [9.17, 15) is 9.90 Å². The number of carbonyl (C=O) groups excluding carboxylic acids is 1. The number of urea groups is 1. The van der Waals surface area contributed by atoms with Crippen LogP contribution >= 0.6 is 0 Å². The van der Waals surface area contributed by atoms with Crippen molar-refractivity contribution >= 4 is 11.7 Å². The smallest absolute Gasteiger partial charge is 0.317 e. The van der Waals surface area contributed by atoms with Gasteiger partial charge >= 0.3 is 6.03 Å². The van der Waals surface area contributed by atoms with Gasteiger partial charge in [0.05, 0.1) is 6.04 Å². The van der Waals surface area contributed by atoms with Gasteiger partial charge in [-0.1, -0.05) is 13.8 Å². The van der Waals surface area contributed by atoms with Crippen LogP contribution in [0.1, 0.15) is 27.2 Å². The molecule has 1 aromatic carbocycles. The summed E-state index contributed by atoms with van der Waals surface area (Å²) in [5.41, 5.74) is 1.28. The van der Waals surface area contributed by atoms with Crippen molar-refractivity contribution in [1.29, 1.82) is 0 Å². The standard InChI is InChI=1S/C18H27N3O2/c1-4-19-17(23)20-10-13-9-18(2,3)16(12-20)21(11-13)14-5-7-15(22)8-6-14/h5-8,13,16,22H,4,9-12H2,1-3H3,(H,19,23). The molecule has 2 atom stereocenters. The number of hydrogen-bond donors (Lipinski definition) is 2. The number of aromatic hydroxyl groups is 1. The van der Waals surface area contributed by atoms with Crippen molar-refractivity contribution in [2.45, 2.75) is 33.2 Å². The Labute approximate surface area is 138 Å². The van der Waals surface area contributed by atoms with Gasteiger partial charge in [-0.25, -0.2) is 4.79 Å². The number of fused-ring (bicyclic) bond motifs is 4. The fourth-order valence-electron chi connectivity index (χ4n) is 4.19. The highest BCUT2D eigenvalue weighted by Gasteiger charge is 2.46. The van der Waals surface area contributed by atoms with Crippen LogP contribution in [0.3, 0.4) is 0 Å². The highest BCUT2D eigenvalue weighted by molar-refractivity contribution is 5.74. The van der Waals surface area contributed by atoms with Gasteiger partial charge in [-0.15, -0.1) is 0 Å². The van der Waals surface area contributed by atoms with Crippen LogP contribution < -0.4 is 10.2 Å². The molecule has 2 N–H and O–H groups in total. The molecule has 0 radical (unpaired) electrons. The molecule has 2 amide bonds. The fraction of sp³-hybridized carbons (Fsp3) is 0.611. The molecule has 3 saturated heterocycles. The Morgan fingerprint density at radius 3 is 2.61 bits per heavy atom. The lowest BCUT2D eigenvalue weighted by atomic mass is 9.73. The van der Waals surface area contributed by atoms with Gasteiger partial charge in [-0.2, -0.15) is 0 Å². The Bertz CT molecular complexity index is 570. The number of carbonyl (C=O) groups is 1. The largest absolute Gasteiger partial charge is 0.508 e. The first-order valence-electron chi connectivity index (χ1n) is 8.49. The summed E-state index contributed by atoms with van der Waals surface area (Å²) < 4.78 is 0. The number of rotatable bonds is 2. The minimum atomic E-state index is 0.0488. The van der Waals surface area contributed by atoms with Gasteiger partial charge in [0.25, 0.3) is 0 Å². The first-order valence-corrected chi connectivity index (χ1v) is 8.49. The monoisotopic (exact) mass is 317 g/mol. The molecule has 2 bridgehead atoms. The van der Waals surface area contributed by atoms with E-state index >= 15 is 0 Å². The van der Waals surface area contributed by atoms with E-state index in [1.807, 2.05) is 24.0 Å². The molecule has 1 aromatic rings. The Balaban J connectivity index is 1.89. The number of phenolic OH excluding ortho intramolecular Hbond substituents is 1. The van der Waals surface area contributed by atoms with E-state index in [1.165, 1.54) is 0 Å². The lowest BCUT2D eigenvalue weighted by molar-refractivity contribution is 0.187. The quantitative estimate of drug-likeness (QED) is 0.882. The summed E-state index contributed by atoms with van der Waals surface area (Å²) >= 11 is 0. The maximum atomic E-state index is 12.3. The number of amides is 2. The number of nitrogens with one attached hydrogen (secondary N) is 1. The van der Waals surface area contributed by atoms with Gasteiger partial charge in [0.1, 0.15) is 5.75 Å². The zero-order chi connectivity index (χ0) is 16.6. The average molecular weight is 317 g/mol. The summed E-state index contributed by atoms with van der Waals surface area (Å²) in [5.74, 6) is 0.761. The third kappa shape index (κ3) is 3.09.